The molecule has 0 aromatic rings. The summed E-state index contributed by atoms with van der Waals surface area (Å²) in [5, 5.41) is 3.19. The van der Waals surface area contributed by atoms with Gasteiger partial charge >= 0.3 is 0 Å². The molecule has 0 aromatic carbocycles. The fraction of sp³-hybridized carbons (Fsp3) is 0.929. The standard InChI is InChI=1S/C14H28N2O/c1-4-11(5-2)10(3)16-14(17)13-8-6-7-12(13)9-15/h10-13H,4-9,15H2,1-3H3,(H,16,17). The monoisotopic (exact) mass is 240 g/mol. The van der Waals surface area contributed by atoms with Crippen molar-refractivity contribution in [1.29, 1.82) is 0 Å². The van der Waals surface area contributed by atoms with Gasteiger partial charge in [0.25, 0.3) is 0 Å². The van der Waals surface area contributed by atoms with Crippen LogP contribution < -0.4 is 11.1 Å². The summed E-state index contributed by atoms with van der Waals surface area (Å²) in [4.78, 5) is 12.2. The van der Waals surface area contributed by atoms with E-state index in [0.29, 0.717) is 18.4 Å². The number of carbonyl (C=O) groups is 1. The van der Waals surface area contributed by atoms with Crippen LogP contribution in [-0.4, -0.2) is 18.5 Å². The Bertz CT molecular complexity index is 238. The van der Waals surface area contributed by atoms with E-state index in [0.717, 1.165) is 32.1 Å². The zero-order chi connectivity index (χ0) is 12.8. The van der Waals surface area contributed by atoms with Gasteiger partial charge in [-0.1, -0.05) is 33.1 Å². The van der Waals surface area contributed by atoms with E-state index in [9.17, 15) is 4.79 Å². The Labute approximate surface area is 106 Å². The average molecular weight is 240 g/mol. The third kappa shape index (κ3) is 3.70. The van der Waals surface area contributed by atoms with Crippen LogP contribution in [0.5, 0.6) is 0 Å². The third-order valence-electron chi connectivity index (χ3n) is 4.42. The molecule has 3 nitrogen and oxygen atoms in total. The molecule has 100 valence electrons. The maximum atomic E-state index is 12.2. The normalized spacial score (nSPS) is 26.2. The SMILES string of the molecule is CCC(CC)C(C)NC(=O)C1CCCC1CN. The second kappa shape index (κ2) is 7.00. The maximum absolute atomic E-state index is 12.2. The molecular weight excluding hydrogens is 212 g/mol. The third-order valence-corrected chi connectivity index (χ3v) is 4.42. The van der Waals surface area contributed by atoms with E-state index in [1.807, 2.05) is 0 Å². The van der Waals surface area contributed by atoms with E-state index >= 15 is 0 Å². The van der Waals surface area contributed by atoms with Crippen molar-refractivity contribution in [3.63, 3.8) is 0 Å². The molecule has 0 spiro atoms. The predicted octanol–water partition coefficient (Wildman–Crippen LogP) is 2.30. The Morgan fingerprint density at radius 2 is 2.00 bits per heavy atom. The first kappa shape index (κ1) is 14.5. The molecular formula is C14H28N2O. The minimum atomic E-state index is 0.164. The Morgan fingerprint density at radius 3 is 2.53 bits per heavy atom. The van der Waals surface area contributed by atoms with E-state index in [1.165, 1.54) is 0 Å². The highest BCUT2D eigenvalue weighted by atomic mass is 16.2. The fourth-order valence-electron chi connectivity index (χ4n) is 3.11. The molecule has 3 atom stereocenters. The first-order valence-electron chi connectivity index (χ1n) is 7.14. The lowest BCUT2D eigenvalue weighted by molar-refractivity contribution is -0.127. The minimum Gasteiger partial charge on any atom is -0.353 e. The quantitative estimate of drug-likeness (QED) is 0.748. The molecule has 1 aliphatic carbocycles. The summed E-state index contributed by atoms with van der Waals surface area (Å²) in [6.45, 7) is 7.16. The Kier molecular flexibility index (Phi) is 5.96. The molecule has 0 saturated heterocycles. The second-order valence-corrected chi connectivity index (χ2v) is 5.41. The summed E-state index contributed by atoms with van der Waals surface area (Å²) < 4.78 is 0. The van der Waals surface area contributed by atoms with E-state index < -0.39 is 0 Å². The largest absolute Gasteiger partial charge is 0.353 e. The van der Waals surface area contributed by atoms with Crippen LogP contribution in [0.1, 0.15) is 52.9 Å². The van der Waals surface area contributed by atoms with Crippen molar-refractivity contribution < 1.29 is 4.79 Å². The van der Waals surface area contributed by atoms with E-state index in [1.54, 1.807) is 0 Å². The van der Waals surface area contributed by atoms with Crippen molar-refractivity contribution in [2.75, 3.05) is 6.54 Å². The van der Waals surface area contributed by atoms with Crippen molar-refractivity contribution in [1.82, 2.24) is 5.32 Å². The van der Waals surface area contributed by atoms with Crippen molar-refractivity contribution in [3.8, 4) is 0 Å². The lowest BCUT2D eigenvalue weighted by Gasteiger charge is -2.25. The zero-order valence-electron chi connectivity index (χ0n) is 11.5. The molecule has 1 rings (SSSR count). The Morgan fingerprint density at radius 1 is 1.35 bits per heavy atom. The van der Waals surface area contributed by atoms with Crippen LogP contribution in [0.2, 0.25) is 0 Å². The average Bonchev–Trinajstić information content (AvgIpc) is 2.78. The van der Waals surface area contributed by atoms with Gasteiger partial charge in [0.1, 0.15) is 0 Å². The fourth-order valence-corrected chi connectivity index (χ4v) is 3.11. The van der Waals surface area contributed by atoms with Gasteiger partial charge in [-0.25, -0.2) is 0 Å². The zero-order valence-corrected chi connectivity index (χ0v) is 11.5. The van der Waals surface area contributed by atoms with Gasteiger partial charge in [0.2, 0.25) is 5.91 Å². The molecule has 3 heteroatoms. The predicted molar refractivity (Wildman–Crippen MR) is 71.6 cm³/mol. The van der Waals surface area contributed by atoms with Crippen molar-refractivity contribution in [2.45, 2.75) is 58.9 Å². The molecule has 17 heavy (non-hydrogen) atoms. The number of rotatable bonds is 6. The van der Waals surface area contributed by atoms with Crippen molar-refractivity contribution in [3.05, 3.63) is 0 Å². The molecule has 0 aromatic heterocycles. The Balaban J connectivity index is 2.48. The van der Waals surface area contributed by atoms with Crippen LogP contribution in [-0.2, 0) is 4.79 Å². The summed E-state index contributed by atoms with van der Waals surface area (Å²) in [7, 11) is 0. The highest BCUT2D eigenvalue weighted by Crippen LogP contribution is 2.31. The second-order valence-electron chi connectivity index (χ2n) is 5.41. The summed E-state index contributed by atoms with van der Waals surface area (Å²) in [5.41, 5.74) is 5.72. The van der Waals surface area contributed by atoms with E-state index in [2.05, 4.69) is 26.1 Å². The van der Waals surface area contributed by atoms with Crippen LogP contribution in [0.15, 0.2) is 0 Å². The van der Waals surface area contributed by atoms with E-state index in [4.69, 9.17) is 5.73 Å². The molecule has 1 saturated carbocycles. The lowest BCUT2D eigenvalue weighted by atomic mass is 9.92. The molecule has 1 fully saturated rings. The number of hydrogen-bond acceptors (Lipinski definition) is 2. The van der Waals surface area contributed by atoms with Gasteiger partial charge in [-0.15, -0.1) is 0 Å². The van der Waals surface area contributed by atoms with Gasteiger partial charge < -0.3 is 11.1 Å². The maximum Gasteiger partial charge on any atom is 0.223 e. The number of amides is 1. The van der Waals surface area contributed by atoms with Crippen molar-refractivity contribution in [2.24, 2.45) is 23.5 Å². The number of carbonyl (C=O) groups excluding carboxylic acids is 1. The van der Waals surface area contributed by atoms with Gasteiger partial charge in [0.15, 0.2) is 0 Å². The summed E-state index contributed by atoms with van der Waals surface area (Å²) >= 11 is 0. The van der Waals surface area contributed by atoms with Gasteiger partial charge in [-0.05, 0) is 38.1 Å². The molecule has 3 unspecified atom stereocenters. The van der Waals surface area contributed by atoms with Crippen LogP contribution in [0, 0.1) is 17.8 Å². The highest BCUT2D eigenvalue weighted by molar-refractivity contribution is 5.79. The van der Waals surface area contributed by atoms with Gasteiger partial charge in [-0.2, -0.15) is 0 Å². The molecule has 1 amide bonds. The number of nitrogens with two attached hydrogens (primary N) is 1. The van der Waals surface area contributed by atoms with Crippen LogP contribution in [0.3, 0.4) is 0 Å². The molecule has 0 heterocycles. The minimum absolute atomic E-state index is 0.164. The first-order chi connectivity index (χ1) is 8.13. The number of hydrogen-bond donors (Lipinski definition) is 2. The first-order valence-corrected chi connectivity index (χ1v) is 7.14. The molecule has 0 radical (unpaired) electrons. The van der Waals surface area contributed by atoms with Crippen LogP contribution >= 0.6 is 0 Å². The summed E-state index contributed by atoms with van der Waals surface area (Å²) in [6.07, 6.45) is 5.54. The smallest absolute Gasteiger partial charge is 0.223 e. The highest BCUT2D eigenvalue weighted by Gasteiger charge is 2.32. The van der Waals surface area contributed by atoms with Crippen LogP contribution in [0.25, 0.3) is 0 Å². The summed E-state index contributed by atoms with van der Waals surface area (Å²) in [5.74, 6) is 1.40. The molecule has 1 aliphatic rings. The Hall–Kier alpha value is -0.570. The van der Waals surface area contributed by atoms with Crippen LogP contribution in [0.4, 0.5) is 0 Å². The van der Waals surface area contributed by atoms with Gasteiger partial charge in [0, 0.05) is 12.0 Å². The van der Waals surface area contributed by atoms with E-state index in [-0.39, 0.29) is 17.9 Å². The topological polar surface area (TPSA) is 55.1 Å². The summed E-state index contributed by atoms with van der Waals surface area (Å²) in [6, 6.07) is 0.288. The molecule has 3 N–H and O–H groups in total. The van der Waals surface area contributed by atoms with Gasteiger partial charge in [-0.3, -0.25) is 4.79 Å². The molecule has 0 bridgehead atoms. The lowest BCUT2D eigenvalue weighted by Crippen LogP contribution is -2.42. The number of nitrogens with one attached hydrogen (secondary N) is 1. The van der Waals surface area contributed by atoms with Crippen molar-refractivity contribution >= 4 is 5.91 Å². The van der Waals surface area contributed by atoms with Gasteiger partial charge in [0.05, 0.1) is 0 Å². The molecule has 0 aliphatic heterocycles.